The minimum Gasteiger partial charge on any atom is -0.398 e. The standard InChI is InChI=1S/C23H27N5O4S/c24-11-15-9-14(1-2-18(15)25)22(30)26-12-21(29)28-6-3-19-16(13-28)10-20(33-19)23(31)27-17-4-7-32-8-5-17/h1-2,9-11,17,24H,3-8,12-13,25H2,(H,26,30)(H,27,31). The van der Waals surface area contributed by atoms with Crippen molar-refractivity contribution in [2.75, 3.05) is 32.0 Å². The van der Waals surface area contributed by atoms with Crippen LogP contribution in [-0.2, 0) is 22.5 Å². The number of benzene rings is 1. The van der Waals surface area contributed by atoms with Crippen molar-refractivity contribution in [3.8, 4) is 0 Å². The summed E-state index contributed by atoms with van der Waals surface area (Å²) in [4.78, 5) is 41.2. The second-order valence-electron chi connectivity index (χ2n) is 8.16. The number of carbonyl (C=O) groups is 3. The smallest absolute Gasteiger partial charge is 0.261 e. The Bertz CT molecular complexity index is 1080. The van der Waals surface area contributed by atoms with Gasteiger partial charge in [-0.3, -0.25) is 14.4 Å². The second kappa shape index (κ2) is 10.1. The van der Waals surface area contributed by atoms with Gasteiger partial charge in [0, 0.05) is 60.3 Å². The highest BCUT2D eigenvalue weighted by Gasteiger charge is 2.25. The summed E-state index contributed by atoms with van der Waals surface area (Å²) in [6, 6.07) is 6.67. The molecule has 0 radical (unpaired) electrons. The van der Waals surface area contributed by atoms with Gasteiger partial charge in [-0.25, -0.2) is 0 Å². The summed E-state index contributed by atoms with van der Waals surface area (Å²) < 4.78 is 5.34. The average molecular weight is 470 g/mol. The van der Waals surface area contributed by atoms with Gasteiger partial charge in [-0.15, -0.1) is 11.3 Å². The number of carbonyl (C=O) groups excluding carboxylic acids is 3. The molecule has 0 saturated carbocycles. The molecule has 0 unspecified atom stereocenters. The van der Waals surface area contributed by atoms with Crippen LogP contribution in [0, 0.1) is 5.41 Å². The van der Waals surface area contributed by atoms with Crippen molar-refractivity contribution in [2.45, 2.75) is 31.8 Å². The first kappa shape index (κ1) is 22.9. The normalized spacial score (nSPS) is 16.1. The molecule has 1 fully saturated rings. The Balaban J connectivity index is 1.32. The van der Waals surface area contributed by atoms with Crippen LogP contribution in [0.25, 0.3) is 0 Å². The van der Waals surface area contributed by atoms with Crippen LogP contribution in [0.2, 0.25) is 0 Å². The Morgan fingerprint density at radius 3 is 2.76 bits per heavy atom. The molecule has 0 spiro atoms. The molecule has 4 rings (SSSR count). The van der Waals surface area contributed by atoms with Gasteiger partial charge in [0.15, 0.2) is 0 Å². The Labute approximate surface area is 195 Å². The molecule has 0 atom stereocenters. The third kappa shape index (κ3) is 5.40. The fraction of sp³-hybridized carbons (Fsp3) is 0.391. The highest BCUT2D eigenvalue weighted by Crippen LogP contribution is 2.28. The van der Waals surface area contributed by atoms with Crippen LogP contribution in [0.15, 0.2) is 24.3 Å². The molecule has 2 aliphatic heterocycles. The van der Waals surface area contributed by atoms with Crippen molar-refractivity contribution < 1.29 is 19.1 Å². The van der Waals surface area contributed by atoms with E-state index in [0.29, 0.717) is 54.4 Å². The number of anilines is 1. The highest BCUT2D eigenvalue weighted by molar-refractivity contribution is 7.14. The van der Waals surface area contributed by atoms with Crippen molar-refractivity contribution in [1.29, 1.82) is 5.41 Å². The predicted octanol–water partition coefficient (Wildman–Crippen LogP) is 1.55. The van der Waals surface area contributed by atoms with Crippen molar-refractivity contribution in [3.63, 3.8) is 0 Å². The Kier molecular flexibility index (Phi) is 7.05. The number of hydrogen-bond acceptors (Lipinski definition) is 7. The van der Waals surface area contributed by atoms with Crippen LogP contribution in [0.1, 0.15) is 48.9 Å². The second-order valence-corrected chi connectivity index (χ2v) is 9.29. The fourth-order valence-electron chi connectivity index (χ4n) is 3.97. The molecule has 5 N–H and O–H groups in total. The Hall–Kier alpha value is -3.24. The van der Waals surface area contributed by atoms with E-state index in [-0.39, 0.29) is 24.4 Å². The third-order valence-corrected chi connectivity index (χ3v) is 7.14. The lowest BCUT2D eigenvalue weighted by atomic mass is 10.1. The summed E-state index contributed by atoms with van der Waals surface area (Å²) in [5.74, 6) is -0.651. The molecule has 3 heterocycles. The van der Waals surface area contributed by atoms with Gasteiger partial charge >= 0.3 is 0 Å². The molecule has 0 aliphatic carbocycles. The summed E-state index contributed by atoms with van der Waals surface area (Å²) in [7, 11) is 0. The van der Waals surface area contributed by atoms with E-state index >= 15 is 0 Å². The summed E-state index contributed by atoms with van der Waals surface area (Å²) in [6.45, 7) is 2.18. The van der Waals surface area contributed by atoms with E-state index in [9.17, 15) is 14.4 Å². The largest absolute Gasteiger partial charge is 0.398 e. The summed E-state index contributed by atoms with van der Waals surface area (Å²) in [5, 5.41) is 13.1. The molecule has 33 heavy (non-hydrogen) atoms. The molecule has 10 heteroatoms. The van der Waals surface area contributed by atoms with Gasteiger partial charge in [-0.1, -0.05) is 0 Å². The quantitative estimate of drug-likeness (QED) is 0.376. The first-order chi connectivity index (χ1) is 15.9. The molecule has 0 bridgehead atoms. The van der Waals surface area contributed by atoms with Crippen molar-refractivity contribution in [3.05, 3.63) is 50.7 Å². The number of thiophene rings is 1. The van der Waals surface area contributed by atoms with E-state index in [1.165, 1.54) is 17.4 Å². The van der Waals surface area contributed by atoms with Gasteiger partial charge < -0.3 is 31.4 Å². The molecule has 9 nitrogen and oxygen atoms in total. The number of nitrogens with two attached hydrogens (primary N) is 1. The number of nitrogens with one attached hydrogen (secondary N) is 3. The molecule has 1 saturated heterocycles. The predicted molar refractivity (Wildman–Crippen MR) is 126 cm³/mol. The number of nitrogen functional groups attached to an aromatic ring is 1. The van der Waals surface area contributed by atoms with Crippen LogP contribution < -0.4 is 16.4 Å². The molecular formula is C23H27N5O4S. The minimum absolute atomic E-state index is 0.0702. The molecule has 2 aromatic rings. The van der Waals surface area contributed by atoms with E-state index < -0.39 is 5.91 Å². The first-order valence-electron chi connectivity index (χ1n) is 10.9. The summed E-state index contributed by atoms with van der Waals surface area (Å²) in [5.41, 5.74) is 7.94. The Morgan fingerprint density at radius 2 is 2.00 bits per heavy atom. The maximum atomic E-state index is 12.7. The average Bonchev–Trinajstić information content (AvgIpc) is 3.27. The van der Waals surface area contributed by atoms with E-state index in [1.807, 2.05) is 6.07 Å². The third-order valence-electron chi connectivity index (χ3n) is 5.90. The van der Waals surface area contributed by atoms with Crippen LogP contribution >= 0.6 is 11.3 Å². The van der Waals surface area contributed by atoms with E-state index in [2.05, 4.69) is 10.6 Å². The first-order valence-corrected chi connectivity index (χ1v) is 11.7. The topological polar surface area (TPSA) is 138 Å². The molecule has 2 aliphatic rings. The minimum atomic E-state index is -0.397. The van der Waals surface area contributed by atoms with Gasteiger partial charge in [0.1, 0.15) is 0 Å². The number of nitrogens with zero attached hydrogens (tertiary/aromatic N) is 1. The van der Waals surface area contributed by atoms with Gasteiger partial charge in [0.05, 0.1) is 11.4 Å². The van der Waals surface area contributed by atoms with E-state index in [4.69, 9.17) is 15.9 Å². The number of rotatable bonds is 6. The summed E-state index contributed by atoms with van der Waals surface area (Å²) >= 11 is 1.49. The van der Waals surface area contributed by atoms with Crippen LogP contribution in [-0.4, -0.2) is 61.2 Å². The van der Waals surface area contributed by atoms with Gasteiger partial charge in [-0.2, -0.15) is 0 Å². The maximum Gasteiger partial charge on any atom is 0.261 e. The Morgan fingerprint density at radius 1 is 1.21 bits per heavy atom. The molecule has 174 valence electrons. The zero-order valence-corrected chi connectivity index (χ0v) is 19.0. The number of hydrogen-bond donors (Lipinski definition) is 4. The number of ether oxygens (including phenoxy) is 1. The van der Waals surface area contributed by atoms with Gasteiger partial charge in [-0.05, 0) is 49.1 Å². The fourth-order valence-corrected chi connectivity index (χ4v) is 5.03. The van der Waals surface area contributed by atoms with Gasteiger partial charge in [0.25, 0.3) is 11.8 Å². The van der Waals surface area contributed by atoms with Crippen molar-refractivity contribution in [2.24, 2.45) is 0 Å². The SMILES string of the molecule is N=Cc1cc(C(=O)NCC(=O)N2CCc3sc(C(=O)NC4CCOCC4)cc3C2)ccc1N. The zero-order chi connectivity index (χ0) is 23.4. The lowest BCUT2D eigenvalue weighted by molar-refractivity contribution is -0.131. The number of fused-ring (bicyclic) bond motifs is 1. The monoisotopic (exact) mass is 469 g/mol. The van der Waals surface area contributed by atoms with E-state index in [1.54, 1.807) is 17.0 Å². The van der Waals surface area contributed by atoms with Gasteiger partial charge in [0.2, 0.25) is 5.91 Å². The highest BCUT2D eigenvalue weighted by atomic mass is 32.1. The van der Waals surface area contributed by atoms with Crippen LogP contribution in [0.5, 0.6) is 0 Å². The molecule has 1 aromatic carbocycles. The molecule has 1 aromatic heterocycles. The van der Waals surface area contributed by atoms with Crippen molar-refractivity contribution in [1.82, 2.24) is 15.5 Å². The number of amides is 3. The molecule has 3 amide bonds. The lowest BCUT2D eigenvalue weighted by Crippen LogP contribution is -2.42. The lowest BCUT2D eigenvalue weighted by Gasteiger charge is -2.27. The zero-order valence-electron chi connectivity index (χ0n) is 18.2. The maximum absolute atomic E-state index is 12.7. The van der Waals surface area contributed by atoms with E-state index in [0.717, 1.165) is 29.5 Å². The van der Waals surface area contributed by atoms with Crippen LogP contribution in [0.3, 0.4) is 0 Å². The van der Waals surface area contributed by atoms with Crippen LogP contribution in [0.4, 0.5) is 5.69 Å². The molecular weight excluding hydrogens is 442 g/mol. The summed E-state index contributed by atoms with van der Waals surface area (Å²) in [6.07, 6.45) is 3.42. The van der Waals surface area contributed by atoms with Crippen molar-refractivity contribution >= 4 is 41.0 Å².